The van der Waals surface area contributed by atoms with Gasteiger partial charge >= 0.3 is 5.97 Å². The van der Waals surface area contributed by atoms with E-state index in [1.165, 1.54) is 0 Å². The average molecular weight is 527 g/mol. The first-order valence-electron chi connectivity index (χ1n) is 9.95. The van der Waals surface area contributed by atoms with Crippen LogP contribution in [0.25, 0.3) is 5.69 Å². The normalized spacial score (nSPS) is 14.8. The van der Waals surface area contributed by atoms with Gasteiger partial charge in [-0.3, -0.25) is 9.79 Å². The van der Waals surface area contributed by atoms with Crippen LogP contribution in [0.3, 0.4) is 0 Å². The molecule has 9 heteroatoms. The summed E-state index contributed by atoms with van der Waals surface area (Å²) >= 11 is 0. The number of esters is 1. The summed E-state index contributed by atoms with van der Waals surface area (Å²) in [5.41, 5.74) is 1.89. The lowest BCUT2D eigenvalue weighted by molar-refractivity contribution is -0.149. The molecule has 2 aromatic rings. The number of aliphatic imine (C=N–C) groups is 1. The van der Waals surface area contributed by atoms with Crippen LogP contribution in [0.5, 0.6) is 5.75 Å². The van der Waals surface area contributed by atoms with Crippen molar-refractivity contribution in [2.45, 2.75) is 26.3 Å². The van der Waals surface area contributed by atoms with Gasteiger partial charge in [0.15, 0.2) is 5.96 Å². The molecule has 8 nitrogen and oxygen atoms in total. The van der Waals surface area contributed by atoms with Crippen LogP contribution in [0.2, 0.25) is 0 Å². The molecule has 0 radical (unpaired) electrons. The van der Waals surface area contributed by atoms with Gasteiger partial charge in [0.1, 0.15) is 5.75 Å². The number of carbonyl (C=O) groups excluding carboxylic acids is 1. The van der Waals surface area contributed by atoms with Crippen molar-refractivity contribution < 1.29 is 14.3 Å². The van der Waals surface area contributed by atoms with Crippen molar-refractivity contribution in [3.05, 3.63) is 42.2 Å². The van der Waals surface area contributed by atoms with Gasteiger partial charge in [-0.2, -0.15) is 5.10 Å². The molecule has 1 aromatic carbocycles. The number of aromatic nitrogens is 2. The smallest absolute Gasteiger partial charge is 0.309 e. The van der Waals surface area contributed by atoms with E-state index in [-0.39, 0.29) is 35.9 Å². The highest BCUT2D eigenvalue weighted by molar-refractivity contribution is 14.0. The minimum atomic E-state index is -0.0841. The fourth-order valence-corrected chi connectivity index (χ4v) is 3.42. The SMILES string of the molecule is CCOC(=O)C1CCN(C(=NC)NCc2ccn(-c3ccc(OC)cc3)n2)CC1.I. The number of hydrogen-bond donors (Lipinski definition) is 1. The summed E-state index contributed by atoms with van der Waals surface area (Å²) in [4.78, 5) is 18.5. The number of hydrogen-bond acceptors (Lipinski definition) is 5. The predicted molar refractivity (Wildman–Crippen MR) is 127 cm³/mol. The highest BCUT2D eigenvalue weighted by Gasteiger charge is 2.27. The van der Waals surface area contributed by atoms with E-state index in [1.54, 1.807) is 14.2 Å². The number of likely N-dealkylation sites (tertiary alicyclic amines) is 1. The zero-order valence-electron chi connectivity index (χ0n) is 17.7. The van der Waals surface area contributed by atoms with Gasteiger partial charge in [0, 0.05) is 26.3 Å². The molecule has 1 aliphatic rings. The highest BCUT2D eigenvalue weighted by atomic mass is 127. The standard InChI is InChI=1S/C21H29N5O3.HI/c1-4-29-20(27)16-9-12-25(13-10-16)21(22-2)23-15-17-11-14-26(24-17)18-5-7-19(28-3)8-6-18;/h5-8,11,14,16H,4,9-10,12-13,15H2,1-3H3,(H,22,23);1H. The first-order valence-corrected chi connectivity index (χ1v) is 9.95. The van der Waals surface area contributed by atoms with Crippen molar-refractivity contribution in [3.63, 3.8) is 0 Å². The molecule has 0 atom stereocenters. The third kappa shape index (κ3) is 6.10. The fraction of sp³-hybridized carbons (Fsp3) is 0.476. The highest BCUT2D eigenvalue weighted by Crippen LogP contribution is 2.19. The Morgan fingerprint density at radius 3 is 2.53 bits per heavy atom. The third-order valence-electron chi connectivity index (χ3n) is 5.04. The molecule has 1 saturated heterocycles. The Labute approximate surface area is 194 Å². The van der Waals surface area contributed by atoms with Gasteiger partial charge in [0.2, 0.25) is 0 Å². The average Bonchev–Trinajstić information content (AvgIpc) is 3.24. The zero-order chi connectivity index (χ0) is 20.6. The predicted octanol–water partition coefficient (Wildman–Crippen LogP) is 2.85. The molecular formula is C21H30IN5O3. The Kier molecular flexibility index (Phi) is 9.41. The van der Waals surface area contributed by atoms with Crippen molar-refractivity contribution in [3.8, 4) is 11.4 Å². The van der Waals surface area contributed by atoms with Gasteiger partial charge in [-0.25, -0.2) is 4.68 Å². The molecule has 30 heavy (non-hydrogen) atoms. The van der Waals surface area contributed by atoms with Crippen LogP contribution in [0.15, 0.2) is 41.5 Å². The van der Waals surface area contributed by atoms with Crippen molar-refractivity contribution in [1.29, 1.82) is 0 Å². The number of ether oxygens (including phenoxy) is 2. The number of halogens is 1. The lowest BCUT2D eigenvalue weighted by Crippen LogP contribution is -2.46. The Morgan fingerprint density at radius 1 is 1.23 bits per heavy atom. The summed E-state index contributed by atoms with van der Waals surface area (Å²) in [6.07, 6.45) is 3.50. The van der Waals surface area contributed by atoms with Crippen molar-refractivity contribution >= 4 is 35.9 Å². The van der Waals surface area contributed by atoms with E-state index in [9.17, 15) is 4.79 Å². The van der Waals surface area contributed by atoms with Gasteiger partial charge in [-0.15, -0.1) is 24.0 Å². The second kappa shape index (κ2) is 11.8. The maximum Gasteiger partial charge on any atom is 0.309 e. The summed E-state index contributed by atoms with van der Waals surface area (Å²) in [5, 5.41) is 7.99. The molecular weight excluding hydrogens is 497 g/mol. The molecule has 164 valence electrons. The molecule has 0 saturated carbocycles. The maximum atomic E-state index is 11.9. The van der Waals surface area contributed by atoms with Gasteiger partial charge in [0.25, 0.3) is 0 Å². The molecule has 1 aliphatic heterocycles. The van der Waals surface area contributed by atoms with E-state index in [1.807, 2.05) is 48.1 Å². The van der Waals surface area contributed by atoms with Crippen LogP contribution >= 0.6 is 24.0 Å². The number of benzene rings is 1. The second-order valence-electron chi connectivity index (χ2n) is 6.86. The van der Waals surface area contributed by atoms with Crippen LogP contribution in [-0.4, -0.2) is 60.5 Å². The van der Waals surface area contributed by atoms with E-state index in [4.69, 9.17) is 9.47 Å². The second-order valence-corrected chi connectivity index (χ2v) is 6.86. The number of nitrogens with zero attached hydrogens (tertiary/aromatic N) is 4. The first kappa shape index (κ1) is 24.0. The van der Waals surface area contributed by atoms with Crippen molar-refractivity contribution in [1.82, 2.24) is 20.0 Å². The molecule has 0 unspecified atom stereocenters. The van der Waals surface area contributed by atoms with Gasteiger partial charge in [0.05, 0.1) is 37.6 Å². The first-order chi connectivity index (χ1) is 14.1. The van der Waals surface area contributed by atoms with Crippen LogP contribution < -0.4 is 10.1 Å². The van der Waals surface area contributed by atoms with Crippen LogP contribution in [0, 0.1) is 5.92 Å². The van der Waals surface area contributed by atoms with E-state index in [0.717, 1.165) is 49.0 Å². The summed E-state index contributed by atoms with van der Waals surface area (Å²) < 4.78 is 12.2. The van der Waals surface area contributed by atoms with E-state index < -0.39 is 0 Å². The minimum absolute atomic E-state index is 0. The Balaban J connectivity index is 0.00000320. The minimum Gasteiger partial charge on any atom is -0.497 e. The van der Waals surface area contributed by atoms with Crippen LogP contribution in [0.4, 0.5) is 0 Å². The zero-order valence-corrected chi connectivity index (χ0v) is 20.0. The fourth-order valence-electron chi connectivity index (χ4n) is 3.42. The Morgan fingerprint density at radius 2 is 1.93 bits per heavy atom. The molecule has 1 aromatic heterocycles. The summed E-state index contributed by atoms with van der Waals surface area (Å²) in [6, 6.07) is 9.75. The molecule has 0 aliphatic carbocycles. The van der Waals surface area contributed by atoms with Crippen LogP contribution in [0.1, 0.15) is 25.5 Å². The molecule has 0 amide bonds. The van der Waals surface area contributed by atoms with Gasteiger partial charge in [-0.05, 0) is 50.1 Å². The van der Waals surface area contributed by atoms with E-state index >= 15 is 0 Å². The van der Waals surface area contributed by atoms with Gasteiger partial charge in [-0.1, -0.05) is 0 Å². The van der Waals surface area contributed by atoms with E-state index in [2.05, 4.69) is 20.3 Å². The molecule has 0 spiro atoms. The number of guanidine groups is 1. The lowest BCUT2D eigenvalue weighted by atomic mass is 9.97. The summed E-state index contributed by atoms with van der Waals surface area (Å²) in [7, 11) is 3.43. The van der Waals surface area contributed by atoms with Gasteiger partial charge < -0.3 is 19.7 Å². The van der Waals surface area contributed by atoms with Crippen molar-refractivity contribution in [2.75, 3.05) is 33.9 Å². The molecule has 0 bridgehead atoms. The van der Waals surface area contributed by atoms with Crippen molar-refractivity contribution in [2.24, 2.45) is 10.9 Å². The van der Waals surface area contributed by atoms with E-state index in [0.29, 0.717) is 13.2 Å². The largest absolute Gasteiger partial charge is 0.497 e. The number of nitrogens with one attached hydrogen (secondary N) is 1. The third-order valence-corrected chi connectivity index (χ3v) is 5.04. The molecule has 3 rings (SSSR count). The number of rotatable bonds is 6. The van der Waals surface area contributed by atoms with Crippen LogP contribution in [-0.2, 0) is 16.1 Å². The summed E-state index contributed by atoms with van der Waals surface area (Å²) in [5.74, 6) is 1.55. The number of piperidine rings is 1. The number of methoxy groups -OCH3 is 1. The maximum absolute atomic E-state index is 11.9. The Bertz CT molecular complexity index is 829. The molecule has 2 heterocycles. The topological polar surface area (TPSA) is 81.0 Å². The summed E-state index contributed by atoms with van der Waals surface area (Å²) in [6.45, 7) is 4.42. The quantitative estimate of drug-likeness (QED) is 0.270. The monoisotopic (exact) mass is 527 g/mol. The molecule has 1 N–H and O–H groups in total. The molecule has 1 fully saturated rings. The number of carbonyl (C=O) groups is 1. The Hall–Kier alpha value is -2.30. The lowest BCUT2D eigenvalue weighted by Gasteiger charge is -2.33.